The summed E-state index contributed by atoms with van der Waals surface area (Å²) in [5, 5.41) is 5.71. The lowest BCUT2D eigenvalue weighted by Gasteiger charge is -2.37. The summed E-state index contributed by atoms with van der Waals surface area (Å²) < 4.78 is 0. The summed E-state index contributed by atoms with van der Waals surface area (Å²) in [4.78, 5) is 33.9. The normalized spacial score (nSPS) is 19.8. The van der Waals surface area contributed by atoms with E-state index in [4.69, 9.17) is 0 Å². The van der Waals surface area contributed by atoms with E-state index in [9.17, 15) is 9.59 Å². The molecule has 0 radical (unpaired) electrons. The van der Waals surface area contributed by atoms with E-state index in [1.54, 1.807) is 0 Å². The molecule has 0 saturated carbocycles. The van der Waals surface area contributed by atoms with Crippen molar-refractivity contribution in [3.63, 3.8) is 0 Å². The fourth-order valence-electron chi connectivity index (χ4n) is 3.71. The number of carbonyl (C=O) groups is 2. The SMILES string of the molecule is Cc1ccc(NC(=O)[C@H]2CC(=O)NC(N3CCN(Cc4ccccc4)CC3)=N2)cc1. The maximum atomic E-state index is 12.7. The zero-order valence-corrected chi connectivity index (χ0v) is 17.2. The number of benzene rings is 2. The Kier molecular flexibility index (Phi) is 6.09. The molecule has 0 aromatic heterocycles. The number of aliphatic imine (C=N–C) groups is 1. The second-order valence-electron chi connectivity index (χ2n) is 7.82. The van der Waals surface area contributed by atoms with Gasteiger partial charge in [0.1, 0.15) is 6.04 Å². The number of anilines is 1. The van der Waals surface area contributed by atoms with Gasteiger partial charge in [0.15, 0.2) is 0 Å². The molecule has 0 bridgehead atoms. The molecule has 30 heavy (non-hydrogen) atoms. The molecule has 1 saturated heterocycles. The van der Waals surface area contributed by atoms with E-state index in [0.29, 0.717) is 11.6 Å². The van der Waals surface area contributed by atoms with Crippen LogP contribution in [0, 0.1) is 6.92 Å². The Labute approximate surface area is 176 Å². The monoisotopic (exact) mass is 405 g/mol. The van der Waals surface area contributed by atoms with E-state index in [1.807, 2.05) is 37.3 Å². The molecule has 2 aromatic carbocycles. The van der Waals surface area contributed by atoms with Gasteiger partial charge in [-0.1, -0.05) is 48.0 Å². The highest BCUT2D eigenvalue weighted by molar-refractivity contribution is 6.05. The molecule has 7 heteroatoms. The Hall–Kier alpha value is -3.19. The molecule has 0 unspecified atom stereocenters. The van der Waals surface area contributed by atoms with Gasteiger partial charge in [-0.05, 0) is 24.6 Å². The highest BCUT2D eigenvalue weighted by Gasteiger charge is 2.30. The summed E-state index contributed by atoms with van der Waals surface area (Å²) in [7, 11) is 0. The predicted molar refractivity (Wildman–Crippen MR) is 117 cm³/mol. The van der Waals surface area contributed by atoms with Crippen molar-refractivity contribution in [2.24, 2.45) is 4.99 Å². The van der Waals surface area contributed by atoms with Crippen LogP contribution in [0.4, 0.5) is 5.69 Å². The van der Waals surface area contributed by atoms with Crippen LogP contribution in [0.3, 0.4) is 0 Å². The number of rotatable bonds is 4. The van der Waals surface area contributed by atoms with E-state index in [2.05, 4.69) is 49.7 Å². The molecule has 2 aromatic rings. The Bertz CT molecular complexity index is 918. The fourth-order valence-corrected chi connectivity index (χ4v) is 3.71. The van der Waals surface area contributed by atoms with Gasteiger partial charge in [-0.15, -0.1) is 0 Å². The first kappa shape index (κ1) is 20.1. The lowest BCUT2D eigenvalue weighted by atomic mass is 10.1. The molecule has 2 N–H and O–H groups in total. The van der Waals surface area contributed by atoms with Gasteiger partial charge in [-0.3, -0.25) is 19.8 Å². The number of amides is 2. The standard InChI is InChI=1S/C23H27N5O2/c1-17-7-9-19(10-8-17)24-22(30)20-15-21(29)26-23(25-20)28-13-11-27(12-14-28)16-18-5-3-2-4-6-18/h2-10,20H,11-16H2,1H3,(H,24,30)(H,25,26,29)/t20-/m1/s1. The topological polar surface area (TPSA) is 77.0 Å². The van der Waals surface area contributed by atoms with Crippen LogP contribution in [0.15, 0.2) is 59.6 Å². The van der Waals surface area contributed by atoms with E-state index >= 15 is 0 Å². The van der Waals surface area contributed by atoms with Crippen molar-refractivity contribution >= 4 is 23.5 Å². The van der Waals surface area contributed by atoms with Crippen molar-refractivity contribution in [3.05, 3.63) is 65.7 Å². The lowest BCUT2D eigenvalue weighted by Crippen LogP contribution is -2.56. The number of hydrogen-bond donors (Lipinski definition) is 2. The minimum atomic E-state index is -0.711. The van der Waals surface area contributed by atoms with Gasteiger partial charge in [-0.2, -0.15) is 0 Å². The van der Waals surface area contributed by atoms with E-state index < -0.39 is 6.04 Å². The Balaban J connectivity index is 1.36. The molecule has 156 valence electrons. The third-order valence-corrected chi connectivity index (χ3v) is 5.45. The summed E-state index contributed by atoms with van der Waals surface area (Å²) in [6.07, 6.45) is 0.0646. The molecule has 2 amide bonds. The van der Waals surface area contributed by atoms with Crippen molar-refractivity contribution in [2.45, 2.75) is 25.9 Å². The average Bonchev–Trinajstić information content (AvgIpc) is 2.76. The summed E-state index contributed by atoms with van der Waals surface area (Å²) >= 11 is 0. The molecule has 0 spiro atoms. The van der Waals surface area contributed by atoms with Crippen molar-refractivity contribution in [3.8, 4) is 0 Å². The van der Waals surface area contributed by atoms with Crippen molar-refractivity contribution in [1.82, 2.24) is 15.1 Å². The van der Waals surface area contributed by atoms with Gasteiger partial charge in [0.2, 0.25) is 17.8 Å². The quantitative estimate of drug-likeness (QED) is 0.816. The van der Waals surface area contributed by atoms with Crippen molar-refractivity contribution in [1.29, 1.82) is 0 Å². The molecule has 0 aliphatic carbocycles. The largest absolute Gasteiger partial charge is 0.340 e. The number of piperazine rings is 1. The zero-order valence-electron chi connectivity index (χ0n) is 17.2. The summed E-state index contributed by atoms with van der Waals surface area (Å²) in [5.41, 5.74) is 3.13. The highest BCUT2D eigenvalue weighted by Crippen LogP contribution is 2.14. The van der Waals surface area contributed by atoms with Gasteiger partial charge < -0.3 is 10.2 Å². The van der Waals surface area contributed by atoms with E-state index in [-0.39, 0.29) is 18.2 Å². The van der Waals surface area contributed by atoms with Gasteiger partial charge in [0.25, 0.3) is 0 Å². The summed E-state index contributed by atoms with van der Waals surface area (Å²) in [6.45, 7) is 6.19. The molecule has 1 atom stereocenters. The predicted octanol–water partition coefficient (Wildman–Crippen LogP) is 2.00. The molecule has 2 heterocycles. The van der Waals surface area contributed by atoms with Crippen molar-refractivity contribution in [2.75, 3.05) is 31.5 Å². The van der Waals surface area contributed by atoms with E-state index in [1.165, 1.54) is 5.56 Å². The fraction of sp³-hybridized carbons (Fsp3) is 0.348. The minimum absolute atomic E-state index is 0.0646. The molecule has 2 aliphatic rings. The Morgan fingerprint density at radius 1 is 1.07 bits per heavy atom. The second kappa shape index (κ2) is 9.09. The van der Waals surface area contributed by atoms with Crippen LogP contribution in [-0.2, 0) is 16.1 Å². The van der Waals surface area contributed by atoms with Crippen LogP contribution in [0.5, 0.6) is 0 Å². The number of aryl methyl sites for hydroxylation is 1. The maximum absolute atomic E-state index is 12.7. The number of hydrogen-bond acceptors (Lipinski definition) is 5. The molecule has 1 fully saturated rings. The van der Waals surface area contributed by atoms with Crippen LogP contribution in [0.2, 0.25) is 0 Å². The van der Waals surface area contributed by atoms with Crippen molar-refractivity contribution < 1.29 is 9.59 Å². The first-order valence-electron chi connectivity index (χ1n) is 10.3. The first-order chi connectivity index (χ1) is 14.6. The Morgan fingerprint density at radius 2 is 1.77 bits per heavy atom. The highest BCUT2D eigenvalue weighted by atomic mass is 16.2. The van der Waals surface area contributed by atoms with Crippen LogP contribution in [0.1, 0.15) is 17.5 Å². The average molecular weight is 406 g/mol. The van der Waals surface area contributed by atoms with Crippen LogP contribution < -0.4 is 10.6 Å². The smallest absolute Gasteiger partial charge is 0.249 e. The van der Waals surface area contributed by atoms with E-state index in [0.717, 1.165) is 38.3 Å². The molecule has 7 nitrogen and oxygen atoms in total. The summed E-state index contributed by atoms with van der Waals surface area (Å²) in [5.74, 6) is 0.0827. The van der Waals surface area contributed by atoms with Gasteiger partial charge in [0, 0.05) is 38.4 Å². The summed E-state index contributed by atoms with van der Waals surface area (Å²) in [6, 6.07) is 17.3. The lowest BCUT2D eigenvalue weighted by molar-refractivity contribution is -0.125. The number of nitrogens with zero attached hydrogens (tertiary/aromatic N) is 3. The van der Waals surface area contributed by atoms with Gasteiger partial charge >= 0.3 is 0 Å². The third-order valence-electron chi connectivity index (χ3n) is 5.45. The minimum Gasteiger partial charge on any atom is -0.340 e. The van der Waals surface area contributed by atoms with Gasteiger partial charge in [-0.25, -0.2) is 4.99 Å². The van der Waals surface area contributed by atoms with Gasteiger partial charge in [0.05, 0.1) is 6.42 Å². The molecular formula is C23H27N5O2. The van der Waals surface area contributed by atoms with Crippen LogP contribution in [-0.4, -0.2) is 59.8 Å². The number of carbonyl (C=O) groups excluding carboxylic acids is 2. The molecule has 2 aliphatic heterocycles. The maximum Gasteiger partial charge on any atom is 0.249 e. The zero-order chi connectivity index (χ0) is 20.9. The number of guanidine groups is 1. The van der Waals surface area contributed by atoms with Crippen LogP contribution in [0.25, 0.3) is 0 Å². The number of nitrogens with one attached hydrogen (secondary N) is 2. The molecule has 4 rings (SSSR count). The second-order valence-corrected chi connectivity index (χ2v) is 7.82. The Morgan fingerprint density at radius 3 is 2.47 bits per heavy atom. The first-order valence-corrected chi connectivity index (χ1v) is 10.3. The van der Waals surface area contributed by atoms with Crippen LogP contribution >= 0.6 is 0 Å². The third kappa shape index (κ3) is 5.04. The molecular weight excluding hydrogens is 378 g/mol.